The van der Waals surface area contributed by atoms with Crippen LogP contribution in [0.5, 0.6) is 40.2 Å². The van der Waals surface area contributed by atoms with E-state index in [0.717, 1.165) is 67.5 Å². The number of benzene rings is 8. The van der Waals surface area contributed by atoms with E-state index in [1.54, 1.807) is 88.4 Å². The number of hydrogen-bond donors (Lipinski definition) is 7. The number of amides is 5. The Balaban J connectivity index is 0.000000128. The van der Waals surface area contributed by atoms with Gasteiger partial charge in [0, 0.05) is 107 Å². The van der Waals surface area contributed by atoms with Crippen molar-refractivity contribution >= 4 is 121 Å². The topological polar surface area (TPSA) is 364 Å². The molecule has 8 bridgehead atoms. The molecule has 4 atom stereocenters. The first kappa shape index (κ1) is 98.8. The number of aliphatic hydroxyl groups is 3. The SMILES string of the molecule is Cc1ccc(OCC(=O)NC23CC(CC(=O)[C@H]4C[C@](C)(O)c5cc(Cl)ccc5O4)(C2)C3)cc1F.Cc1ccc(OCC(=O)NC23CC(CC(=O)c4cc(=O)c5cc(Cl)cc(C)c5o4)(C2)C3)cc1F.Cc1ccc2c(c1)N(C(=O)CO)CC(C(=O)CC13CC(NC(=O)COc4ccc(Cl)c(F)c4)(C1)C3)O2.Cc1ccc2c(c1)N(CCO)CC(C(=O)CC13CC(NC(=O)COc4ccc(Cl)c(F)c4)(C1)C3)O2. The van der Waals surface area contributed by atoms with Crippen molar-refractivity contribution in [2.75, 3.05) is 69.1 Å². The smallest absolute Gasteiger partial charge is 0.258 e. The van der Waals surface area contributed by atoms with Gasteiger partial charge in [0.15, 0.2) is 79.1 Å². The Hall–Kier alpha value is -11.8. The summed E-state index contributed by atoms with van der Waals surface area (Å²) in [6.45, 7) is 10.0. The minimum Gasteiger partial charge on any atom is -0.484 e. The summed E-state index contributed by atoms with van der Waals surface area (Å²) in [6, 6.07) is 37.7. The molecule has 0 radical (unpaired) electrons. The zero-order valence-electron chi connectivity index (χ0n) is 77.1. The summed E-state index contributed by atoms with van der Waals surface area (Å²) in [5.74, 6) is -1.24. The summed E-state index contributed by atoms with van der Waals surface area (Å²) < 4.78 is 99.4. The first-order valence-electron chi connectivity index (χ1n) is 45.9. The van der Waals surface area contributed by atoms with E-state index in [4.69, 9.17) is 84.0 Å². The summed E-state index contributed by atoms with van der Waals surface area (Å²) in [6.07, 6.45) is 7.87. The Morgan fingerprint density at radius 2 is 0.835 bits per heavy atom. The van der Waals surface area contributed by atoms with Gasteiger partial charge in [-0.2, -0.15) is 0 Å². The van der Waals surface area contributed by atoms with Crippen LogP contribution in [-0.4, -0.2) is 168 Å². The third-order valence-corrected chi connectivity index (χ3v) is 29.6. The van der Waals surface area contributed by atoms with Crippen molar-refractivity contribution in [1.82, 2.24) is 21.3 Å². The quantitative estimate of drug-likeness (QED) is 0.0157. The number of carbonyl (C=O) groups excluding carboxylic acids is 9. The van der Waals surface area contributed by atoms with Crippen molar-refractivity contribution in [2.24, 2.45) is 21.7 Å². The second kappa shape index (κ2) is 38.3. The fourth-order valence-electron chi connectivity index (χ4n) is 22.8. The third-order valence-electron chi connectivity index (χ3n) is 28.6. The second-order valence-corrected chi connectivity index (χ2v) is 42.1. The molecular formula is C104H104Cl4F4N6O21. The molecule has 3 aliphatic heterocycles. The zero-order valence-corrected chi connectivity index (χ0v) is 80.1. The van der Waals surface area contributed by atoms with E-state index < -0.39 is 48.1 Å². The molecule has 0 spiro atoms. The zero-order chi connectivity index (χ0) is 99.0. The van der Waals surface area contributed by atoms with Crippen LogP contribution in [0.25, 0.3) is 11.0 Å². The predicted molar refractivity (Wildman–Crippen MR) is 506 cm³/mol. The lowest BCUT2D eigenvalue weighted by Gasteiger charge is -2.70. The number of β-amino-alcohol motifs (C(OH)–C–C–N with tert-alkyl or cyclic N) is 1. The molecule has 12 aliphatic carbocycles. The van der Waals surface area contributed by atoms with Gasteiger partial charge in [-0.25, -0.2) is 17.6 Å². The highest BCUT2D eigenvalue weighted by atomic mass is 35.5. The number of aliphatic hydroxyl groups excluding tert-OH is 2. The van der Waals surface area contributed by atoms with Gasteiger partial charge in [0.2, 0.25) is 0 Å². The molecule has 732 valence electrons. The van der Waals surface area contributed by atoms with E-state index in [-0.39, 0.29) is 194 Å². The van der Waals surface area contributed by atoms with Crippen LogP contribution in [0.15, 0.2) is 155 Å². The molecule has 24 rings (SSSR count). The van der Waals surface area contributed by atoms with Gasteiger partial charge in [0.05, 0.1) is 52.1 Å². The van der Waals surface area contributed by atoms with Crippen molar-refractivity contribution in [3.63, 3.8) is 0 Å². The second-order valence-electron chi connectivity index (χ2n) is 40.4. The molecule has 15 aliphatic rings. The van der Waals surface area contributed by atoms with Gasteiger partial charge >= 0.3 is 0 Å². The average molecular weight is 1990 g/mol. The molecule has 139 heavy (non-hydrogen) atoms. The first-order chi connectivity index (χ1) is 65.9. The van der Waals surface area contributed by atoms with Crippen LogP contribution in [0.3, 0.4) is 0 Å². The number of nitrogens with zero attached hydrogens (tertiary/aromatic N) is 2. The van der Waals surface area contributed by atoms with Crippen LogP contribution in [0.2, 0.25) is 20.1 Å². The minimum absolute atomic E-state index is 0.00286. The molecular weight excluding hydrogens is 1890 g/mol. The van der Waals surface area contributed by atoms with Gasteiger partial charge in [0.1, 0.15) is 75.7 Å². The molecule has 0 saturated heterocycles. The average Bonchev–Trinajstić information content (AvgIpc) is 0.692. The number of nitrogens with one attached hydrogen (secondary N) is 4. The van der Waals surface area contributed by atoms with Crippen LogP contribution in [-0.2, 0) is 44.0 Å². The summed E-state index contributed by atoms with van der Waals surface area (Å²) in [7, 11) is 0. The normalized spacial score (nSPS) is 26.2. The van der Waals surface area contributed by atoms with E-state index in [9.17, 15) is 80.8 Å². The van der Waals surface area contributed by atoms with Crippen LogP contribution in [0.4, 0.5) is 28.9 Å². The third kappa shape index (κ3) is 21.2. The number of Topliss-reactive ketones (excluding diaryl/α,β-unsaturated/α-hetero) is 4. The maximum Gasteiger partial charge on any atom is 0.258 e. The molecule has 1 aromatic heterocycles. The Morgan fingerprint density at radius 1 is 0.439 bits per heavy atom. The van der Waals surface area contributed by atoms with E-state index in [1.165, 1.54) is 53.4 Å². The van der Waals surface area contributed by atoms with Gasteiger partial charge in [-0.1, -0.05) is 70.7 Å². The van der Waals surface area contributed by atoms with Crippen LogP contribution in [0, 0.1) is 79.5 Å². The minimum atomic E-state index is -1.20. The summed E-state index contributed by atoms with van der Waals surface area (Å²) in [4.78, 5) is 130. The highest BCUT2D eigenvalue weighted by Crippen LogP contribution is 2.72. The van der Waals surface area contributed by atoms with Crippen LogP contribution >= 0.6 is 46.4 Å². The van der Waals surface area contributed by atoms with Gasteiger partial charge in [-0.15, -0.1) is 0 Å². The Kier molecular flexibility index (Phi) is 27.2. The van der Waals surface area contributed by atoms with Crippen LogP contribution in [0.1, 0.15) is 160 Å². The lowest BCUT2D eigenvalue weighted by molar-refractivity contribution is -0.177. The van der Waals surface area contributed by atoms with Gasteiger partial charge in [0.25, 0.3) is 29.5 Å². The van der Waals surface area contributed by atoms with Crippen molar-refractivity contribution in [2.45, 2.75) is 197 Å². The molecule has 5 amide bonds. The van der Waals surface area contributed by atoms with Crippen molar-refractivity contribution in [3.8, 4) is 40.2 Å². The number of ether oxygens (including phenoxy) is 7. The Bertz CT molecular complexity index is 6470. The van der Waals surface area contributed by atoms with Gasteiger partial charge in [-0.3, -0.25) is 47.9 Å². The molecule has 12 fully saturated rings. The fraction of sp³-hybridized carbons (Fsp3) is 0.423. The highest BCUT2D eigenvalue weighted by Gasteiger charge is 2.72. The Labute approximate surface area is 817 Å². The first-order valence-corrected chi connectivity index (χ1v) is 47.4. The number of fused-ring (bicyclic) bond motifs is 4. The fourth-order valence-corrected chi connectivity index (χ4v) is 23.5. The number of carbonyl (C=O) groups is 9. The van der Waals surface area contributed by atoms with Crippen molar-refractivity contribution in [1.29, 1.82) is 0 Å². The molecule has 12 saturated carbocycles. The van der Waals surface area contributed by atoms with Crippen molar-refractivity contribution < 1.29 is 114 Å². The lowest BCUT2D eigenvalue weighted by atomic mass is 9.38. The van der Waals surface area contributed by atoms with E-state index in [2.05, 4.69) is 21.3 Å². The number of hydrogen-bond acceptors (Lipinski definition) is 22. The summed E-state index contributed by atoms with van der Waals surface area (Å²) in [5.41, 5.74) is 2.81. The molecule has 7 N–H and O–H groups in total. The van der Waals surface area contributed by atoms with Crippen LogP contribution < -0.4 is 69.7 Å². The Morgan fingerprint density at radius 3 is 1.27 bits per heavy atom. The number of ketones is 4. The molecule has 27 nitrogen and oxygen atoms in total. The predicted octanol–water partition coefficient (Wildman–Crippen LogP) is 15.5. The standard InChI is InChI=1S/C26H26ClFN2O6.C26H28ClFN2O5.C26H27ClFNO5.C26H23ClFNO5/c1-15-2-5-21-19(6-15)30(24(34)10-31)9-22(36-21)20(32)8-25-12-26(13-25,14-25)29-23(33)11-35-16-3-4-17(27)18(28)7-16;1-16-2-5-22-20(8-16)30(6-7-31)11-23(35-22)21(32)10-25-13-26(14-25,15-25)29-24(33)12-34-17-3-4-18(27)19(28)9-17;1-15-3-5-17(8-19(15)28)33-11-23(31)29-26-12-25(13-26,14-26)9-20(30)22-10-24(2,32)18-7-16(27)4-6-21(18)34-22;1-14-3-4-17(7-19(14)28)33-10-23(32)29-26-11-25(12-26,13-26)9-21(31)22-8-20(30)18-6-16(27)5-15(2)24(18)34-22/h2-7,22,31H,8-14H2,1H3,(H,29,33);2-5,8-9,23,31H,6-7,10-15H2,1H3,(H,29,33);3-8,22,32H,9-14H2,1-2H3,(H,29,31);3-8H,9-13H2,1-2H3,(H,29,32)/t;;22-,24+,25?,26?;/m..1./s1. The van der Waals surface area contributed by atoms with E-state index >= 15 is 0 Å². The summed E-state index contributed by atoms with van der Waals surface area (Å²) >= 11 is 23.4. The molecule has 2 unspecified atom stereocenters. The highest BCUT2D eigenvalue weighted by molar-refractivity contribution is 6.32. The van der Waals surface area contributed by atoms with Crippen molar-refractivity contribution in [3.05, 3.63) is 238 Å². The largest absolute Gasteiger partial charge is 0.484 e. The number of rotatable bonds is 31. The lowest BCUT2D eigenvalue weighted by Crippen LogP contribution is -2.75. The van der Waals surface area contributed by atoms with E-state index in [1.807, 2.05) is 43.0 Å². The molecule has 4 heterocycles. The van der Waals surface area contributed by atoms with Gasteiger partial charge in [-0.05, 0) is 259 Å². The molecule has 35 heteroatoms. The number of anilines is 2. The molecule has 9 aromatic rings. The monoisotopic (exact) mass is 1990 g/mol. The maximum absolute atomic E-state index is 13.6. The maximum atomic E-state index is 13.6. The van der Waals surface area contributed by atoms with Gasteiger partial charge < -0.3 is 84.0 Å². The van der Waals surface area contributed by atoms with E-state index in [0.29, 0.717) is 142 Å². The molecule has 8 aromatic carbocycles. The number of aryl methyl sites for hydroxylation is 5. The summed E-state index contributed by atoms with van der Waals surface area (Å²) in [5, 5.41) is 43.0. The number of halogens is 8.